The molecule has 0 aromatic carbocycles. The molecule has 0 aliphatic carbocycles. The number of hydrogen-bond acceptors (Lipinski definition) is 5. The third-order valence-electron chi connectivity index (χ3n) is 2.43. The van der Waals surface area contributed by atoms with Crippen LogP contribution in [0.4, 0.5) is 4.79 Å². The maximum absolute atomic E-state index is 11.9. The van der Waals surface area contributed by atoms with E-state index >= 15 is 0 Å². The Morgan fingerprint density at radius 3 is 2.70 bits per heavy atom. The van der Waals surface area contributed by atoms with Crippen LogP contribution in [0.5, 0.6) is 0 Å². The maximum atomic E-state index is 11.9. The number of carboxylic acid groups (broad SMARTS) is 1. The molecule has 8 nitrogen and oxygen atoms in total. The van der Waals surface area contributed by atoms with Crippen LogP contribution in [-0.2, 0) is 16.1 Å². The standard InChI is InChI=1S/C12H18N4O4/c1-9-5-14-10(6-13-9)7-15-12(19)16(3-4-20-2)8-11(17)18/h5-6H,3-4,7-8H2,1-2H3,(H,15,19)(H,17,18). The molecule has 0 bridgehead atoms. The number of carbonyl (C=O) groups is 2. The van der Waals surface area contributed by atoms with Gasteiger partial charge in [0.1, 0.15) is 6.54 Å². The number of aromatic nitrogens is 2. The molecule has 1 rings (SSSR count). The molecular formula is C12H18N4O4. The Morgan fingerprint density at radius 1 is 1.40 bits per heavy atom. The van der Waals surface area contributed by atoms with Gasteiger partial charge < -0.3 is 20.1 Å². The summed E-state index contributed by atoms with van der Waals surface area (Å²) in [4.78, 5) is 31.9. The molecule has 0 unspecified atom stereocenters. The number of nitrogens with zero attached hydrogens (tertiary/aromatic N) is 3. The van der Waals surface area contributed by atoms with Crippen LogP contribution in [-0.4, -0.2) is 58.8 Å². The van der Waals surface area contributed by atoms with E-state index in [1.165, 1.54) is 7.11 Å². The van der Waals surface area contributed by atoms with E-state index in [9.17, 15) is 9.59 Å². The third kappa shape index (κ3) is 5.61. The Labute approximate surface area is 116 Å². The minimum absolute atomic E-state index is 0.190. The average Bonchev–Trinajstić information content (AvgIpc) is 2.42. The van der Waals surface area contributed by atoms with Crippen LogP contribution in [0.3, 0.4) is 0 Å². The van der Waals surface area contributed by atoms with Gasteiger partial charge in [-0.2, -0.15) is 0 Å². The second-order valence-corrected chi connectivity index (χ2v) is 4.12. The van der Waals surface area contributed by atoms with Crippen molar-refractivity contribution < 1.29 is 19.4 Å². The van der Waals surface area contributed by atoms with Crippen molar-refractivity contribution in [3.05, 3.63) is 23.8 Å². The molecular weight excluding hydrogens is 264 g/mol. The lowest BCUT2D eigenvalue weighted by atomic mass is 10.4. The van der Waals surface area contributed by atoms with Gasteiger partial charge in [0, 0.05) is 19.9 Å². The zero-order valence-electron chi connectivity index (χ0n) is 11.5. The van der Waals surface area contributed by atoms with Gasteiger partial charge in [0.25, 0.3) is 0 Å². The lowest BCUT2D eigenvalue weighted by Gasteiger charge is -2.20. The number of nitrogens with one attached hydrogen (secondary N) is 1. The third-order valence-corrected chi connectivity index (χ3v) is 2.43. The van der Waals surface area contributed by atoms with E-state index in [2.05, 4.69) is 15.3 Å². The summed E-state index contributed by atoms with van der Waals surface area (Å²) in [5.74, 6) is -1.08. The molecule has 1 aromatic heterocycles. The van der Waals surface area contributed by atoms with Crippen molar-refractivity contribution in [1.29, 1.82) is 0 Å². The fraction of sp³-hybridized carbons (Fsp3) is 0.500. The predicted molar refractivity (Wildman–Crippen MR) is 70.1 cm³/mol. The van der Waals surface area contributed by atoms with Crippen LogP contribution >= 0.6 is 0 Å². The number of carboxylic acids is 1. The van der Waals surface area contributed by atoms with Gasteiger partial charge in [-0.05, 0) is 6.92 Å². The molecule has 0 fully saturated rings. The van der Waals surface area contributed by atoms with Crippen LogP contribution in [0.1, 0.15) is 11.4 Å². The molecule has 110 valence electrons. The molecule has 2 amide bonds. The highest BCUT2D eigenvalue weighted by atomic mass is 16.5. The monoisotopic (exact) mass is 282 g/mol. The highest BCUT2D eigenvalue weighted by Crippen LogP contribution is 1.96. The number of methoxy groups -OCH3 is 1. The Bertz CT molecular complexity index is 449. The molecule has 0 radical (unpaired) electrons. The molecule has 0 atom stereocenters. The van der Waals surface area contributed by atoms with Gasteiger partial charge in [0.05, 0.1) is 30.7 Å². The molecule has 1 heterocycles. The highest BCUT2D eigenvalue weighted by Gasteiger charge is 2.16. The number of aryl methyl sites for hydroxylation is 1. The fourth-order valence-electron chi connectivity index (χ4n) is 1.41. The Kier molecular flexibility index (Phi) is 6.38. The van der Waals surface area contributed by atoms with Gasteiger partial charge in [-0.1, -0.05) is 0 Å². The van der Waals surface area contributed by atoms with E-state index in [-0.39, 0.29) is 26.2 Å². The summed E-state index contributed by atoms with van der Waals surface area (Å²) in [5, 5.41) is 11.4. The van der Waals surface area contributed by atoms with E-state index < -0.39 is 12.0 Å². The Morgan fingerprint density at radius 2 is 2.15 bits per heavy atom. The Hall–Kier alpha value is -2.22. The second-order valence-electron chi connectivity index (χ2n) is 4.12. The first-order valence-corrected chi connectivity index (χ1v) is 6.04. The molecule has 2 N–H and O–H groups in total. The minimum atomic E-state index is -1.08. The number of rotatable bonds is 7. The fourth-order valence-corrected chi connectivity index (χ4v) is 1.41. The zero-order valence-corrected chi connectivity index (χ0v) is 11.5. The molecule has 0 saturated carbocycles. The summed E-state index contributed by atoms with van der Waals surface area (Å²) < 4.78 is 4.84. The first-order valence-electron chi connectivity index (χ1n) is 6.04. The number of carbonyl (C=O) groups excluding carboxylic acids is 1. The van der Waals surface area contributed by atoms with Crippen LogP contribution in [0, 0.1) is 6.92 Å². The number of amides is 2. The first-order chi connectivity index (χ1) is 9.52. The Balaban J connectivity index is 2.51. The van der Waals surface area contributed by atoms with Crippen LogP contribution in [0.15, 0.2) is 12.4 Å². The van der Waals surface area contributed by atoms with Gasteiger partial charge in [-0.15, -0.1) is 0 Å². The van der Waals surface area contributed by atoms with E-state index in [4.69, 9.17) is 9.84 Å². The smallest absolute Gasteiger partial charge is 0.323 e. The number of aliphatic carboxylic acids is 1. The van der Waals surface area contributed by atoms with Crippen LogP contribution in [0.25, 0.3) is 0 Å². The predicted octanol–water partition coefficient (Wildman–Crippen LogP) is 0.0276. The van der Waals surface area contributed by atoms with Crippen molar-refractivity contribution in [1.82, 2.24) is 20.2 Å². The number of urea groups is 1. The van der Waals surface area contributed by atoms with E-state index in [0.29, 0.717) is 5.69 Å². The summed E-state index contributed by atoms with van der Waals surface area (Å²) in [7, 11) is 1.48. The van der Waals surface area contributed by atoms with E-state index in [1.807, 2.05) is 6.92 Å². The summed E-state index contributed by atoms with van der Waals surface area (Å²) in [5.41, 5.74) is 1.39. The van der Waals surface area contributed by atoms with Crippen molar-refractivity contribution in [2.45, 2.75) is 13.5 Å². The van der Waals surface area contributed by atoms with Gasteiger partial charge in [0.15, 0.2) is 0 Å². The van der Waals surface area contributed by atoms with Crippen LogP contribution in [0.2, 0.25) is 0 Å². The number of hydrogen-bond donors (Lipinski definition) is 2. The van der Waals surface area contributed by atoms with Crippen molar-refractivity contribution in [3.63, 3.8) is 0 Å². The largest absolute Gasteiger partial charge is 0.480 e. The summed E-state index contributed by atoms with van der Waals surface area (Å²) in [6, 6.07) is -0.480. The molecule has 8 heteroatoms. The summed E-state index contributed by atoms with van der Waals surface area (Å²) in [6.07, 6.45) is 3.16. The lowest BCUT2D eigenvalue weighted by Crippen LogP contribution is -2.44. The maximum Gasteiger partial charge on any atom is 0.323 e. The SMILES string of the molecule is COCCN(CC(=O)O)C(=O)NCc1cnc(C)cn1. The minimum Gasteiger partial charge on any atom is -0.480 e. The van der Waals surface area contributed by atoms with Crippen molar-refractivity contribution in [2.75, 3.05) is 26.8 Å². The molecule has 0 saturated heterocycles. The van der Waals surface area contributed by atoms with Crippen molar-refractivity contribution >= 4 is 12.0 Å². The van der Waals surface area contributed by atoms with Crippen molar-refractivity contribution in [2.24, 2.45) is 0 Å². The van der Waals surface area contributed by atoms with Crippen molar-refractivity contribution in [3.8, 4) is 0 Å². The molecule has 20 heavy (non-hydrogen) atoms. The van der Waals surface area contributed by atoms with Gasteiger partial charge in [-0.3, -0.25) is 14.8 Å². The zero-order chi connectivity index (χ0) is 15.0. The van der Waals surface area contributed by atoms with Gasteiger partial charge >= 0.3 is 12.0 Å². The molecule has 1 aromatic rings. The van der Waals surface area contributed by atoms with Gasteiger partial charge in [-0.25, -0.2) is 4.79 Å². The molecule has 0 aliphatic rings. The quantitative estimate of drug-likeness (QED) is 0.731. The highest BCUT2D eigenvalue weighted by molar-refractivity contribution is 5.80. The first kappa shape index (κ1) is 15.8. The second kappa shape index (κ2) is 8.05. The summed E-state index contributed by atoms with van der Waals surface area (Å²) in [6.45, 7) is 2.10. The van der Waals surface area contributed by atoms with Gasteiger partial charge in [0.2, 0.25) is 0 Å². The number of ether oxygens (including phenoxy) is 1. The average molecular weight is 282 g/mol. The normalized spacial score (nSPS) is 10.1. The lowest BCUT2D eigenvalue weighted by molar-refractivity contribution is -0.137. The topological polar surface area (TPSA) is 105 Å². The van der Waals surface area contributed by atoms with Crippen LogP contribution < -0.4 is 5.32 Å². The summed E-state index contributed by atoms with van der Waals surface area (Å²) >= 11 is 0. The van der Waals surface area contributed by atoms with E-state index in [0.717, 1.165) is 10.6 Å². The van der Waals surface area contributed by atoms with E-state index in [1.54, 1.807) is 12.4 Å². The molecule has 0 aliphatic heterocycles. The molecule has 0 spiro atoms.